The van der Waals surface area contributed by atoms with Crippen molar-refractivity contribution in [2.45, 2.75) is 51.7 Å². The molecule has 1 aliphatic heterocycles. The van der Waals surface area contributed by atoms with E-state index < -0.39 is 17.4 Å². The van der Waals surface area contributed by atoms with Crippen molar-refractivity contribution >= 4 is 27.8 Å². The van der Waals surface area contributed by atoms with Gasteiger partial charge in [-0.1, -0.05) is 20.8 Å². The summed E-state index contributed by atoms with van der Waals surface area (Å²) in [5, 5.41) is 24.0. The first-order valence-electron chi connectivity index (χ1n) is 13.9. The molecule has 4 heterocycles. The smallest absolute Gasteiger partial charge is 0.328 e. The third-order valence-electron chi connectivity index (χ3n) is 7.99. The Kier molecular flexibility index (Phi) is 6.36. The van der Waals surface area contributed by atoms with E-state index >= 15 is 0 Å². The molecular formula is C30H35F2N7O3. The molecule has 3 aromatic heterocycles. The Morgan fingerprint density at radius 3 is 2.40 bits per heavy atom. The van der Waals surface area contributed by atoms with E-state index in [9.17, 15) is 23.8 Å². The van der Waals surface area contributed by atoms with Gasteiger partial charge in [0.15, 0.2) is 0 Å². The number of aromatic nitrogens is 6. The Hall–Kier alpha value is -4.03. The molecule has 0 radical (unpaired) electrons. The first-order chi connectivity index (χ1) is 19.7. The Bertz CT molecular complexity index is 1900. The molecule has 0 bridgehead atoms. The predicted molar refractivity (Wildman–Crippen MR) is 158 cm³/mol. The molecule has 0 spiro atoms. The van der Waals surface area contributed by atoms with E-state index in [1.807, 2.05) is 42.4 Å². The molecule has 6 rings (SSSR count). The SMILES string of the molecule is Cn1c(=O)n(C)c2c(N3CC(C)(O)C3)cc(-n3c(C(C)(C)C)nc4cc(-c5cnn(CCO)c5)c(C(F)F)cc43)cc21. The van der Waals surface area contributed by atoms with Gasteiger partial charge in [0.1, 0.15) is 5.82 Å². The second-order valence-electron chi connectivity index (χ2n) is 12.6. The van der Waals surface area contributed by atoms with Crippen LogP contribution in [0.4, 0.5) is 14.5 Å². The lowest BCUT2D eigenvalue weighted by atomic mass is 9.94. The van der Waals surface area contributed by atoms with Crippen LogP contribution in [0, 0.1) is 0 Å². The summed E-state index contributed by atoms with van der Waals surface area (Å²) >= 11 is 0. The second kappa shape index (κ2) is 9.50. The Morgan fingerprint density at radius 1 is 1.07 bits per heavy atom. The molecule has 0 unspecified atom stereocenters. The van der Waals surface area contributed by atoms with Gasteiger partial charge in [-0.25, -0.2) is 18.6 Å². The van der Waals surface area contributed by atoms with E-state index in [1.54, 1.807) is 42.4 Å². The van der Waals surface area contributed by atoms with Gasteiger partial charge < -0.3 is 15.1 Å². The van der Waals surface area contributed by atoms with Crippen molar-refractivity contribution in [1.29, 1.82) is 0 Å². The number of benzene rings is 2. The van der Waals surface area contributed by atoms with Gasteiger partial charge in [-0.2, -0.15) is 5.10 Å². The average molecular weight is 580 g/mol. The number of alkyl halides is 2. The van der Waals surface area contributed by atoms with Crippen molar-refractivity contribution in [1.82, 2.24) is 28.5 Å². The summed E-state index contributed by atoms with van der Waals surface area (Å²) in [7, 11) is 3.43. The molecule has 0 aliphatic carbocycles. The van der Waals surface area contributed by atoms with E-state index in [4.69, 9.17) is 4.98 Å². The van der Waals surface area contributed by atoms with Gasteiger partial charge in [-0.15, -0.1) is 0 Å². The van der Waals surface area contributed by atoms with E-state index in [0.29, 0.717) is 52.3 Å². The molecule has 2 N–H and O–H groups in total. The van der Waals surface area contributed by atoms with Crippen LogP contribution in [0.5, 0.6) is 0 Å². The van der Waals surface area contributed by atoms with Crippen molar-refractivity contribution in [3.05, 3.63) is 58.5 Å². The number of aryl methyl sites for hydroxylation is 2. The largest absolute Gasteiger partial charge is 0.394 e. The van der Waals surface area contributed by atoms with Crippen molar-refractivity contribution < 1.29 is 19.0 Å². The molecule has 10 nitrogen and oxygen atoms in total. The highest BCUT2D eigenvalue weighted by Crippen LogP contribution is 2.40. The van der Waals surface area contributed by atoms with Gasteiger partial charge in [0, 0.05) is 49.9 Å². The van der Waals surface area contributed by atoms with Crippen LogP contribution >= 0.6 is 0 Å². The van der Waals surface area contributed by atoms with Gasteiger partial charge in [0.25, 0.3) is 6.43 Å². The van der Waals surface area contributed by atoms with Gasteiger partial charge in [0.05, 0.1) is 58.4 Å². The monoisotopic (exact) mass is 579 g/mol. The molecule has 2 aromatic carbocycles. The molecular weight excluding hydrogens is 544 g/mol. The Balaban J connectivity index is 1.64. The highest BCUT2D eigenvalue weighted by molar-refractivity contribution is 5.94. The third-order valence-corrected chi connectivity index (χ3v) is 7.99. The maximum Gasteiger partial charge on any atom is 0.328 e. The lowest BCUT2D eigenvalue weighted by Gasteiger charge is -2.46. The summed E-state index contributed by atoms with van der Waals surface area (Å²) < 4.78 is 35.8. The second-order valence-corrected chi connectivity index (χ2v) is 12.6. The average Bonchev–Trinajstić information content (AvgIpc) is 3.58. The van der Waals surface area contributed by atoms with Crippen LogP contribution in [0.15, 0.2) is 41.5 Å². The Morgan fingerprint density at radius 2 is 1.79 bits per heavy atom. The summed E-state index contributed by atoms with van der Waals surface area (Å²) in [5.74, 6) is 0.674. The van der Waals surface area contributed by atoms with E-state index in [1.165, 1.54) is 16.9 Å². The van der Waals surface area contributed by atoms with Crippen molar-refractivity contribution in [2.24, 2.45) is 14.1 Å². The van der Waals surface area contributed by atoms with Gasteiger partial charge in [-0.05, 0) is 36.8 Å². The zero-order chi connectivity index (χ0) is 30.3. The first kappa shape index (κ1) is 28.1. The number of fused-ring (bicyclic) bond motifs is 2. The number of imidazole rings is 2. The fraction of sp³-hybridized carbons (Fsp3) is 0.433. The zero-order valence-corrected chi connectivity index (χ0v) is 24.6. The number of β-amino-alcohol motifs (C(OH)–C–C–N with tert-alkyl or cyclic N) is 1. The van der Waals surface area contributed by atoms with Crippen LogP contribution in [-0.4, -0.2) is 64.0 Å². The summed E-state index contributed by atoms with van der Waals surface area (Å²) in [6.07, 6.45) is 0.397. The van der Waals surface area contributed by atoms with Gasteiger partial charge in [0.2, 0.25) is 0 Å². The van der Waals surface area contributed by atoms with Gasteiger partial charge >= 0.3 is 5.69 Å². The number of halogens is 2. The first-order valence-corrected chi connectivity index (χ1v) is 13.9. The molecule has 1 saturated heterocycles. The highest BCUT2D eigenvalue weighted by Gasteiger charge is 2.38. The molecule has 42 heavy (non-hydrogen) atoms. The molecule has 12 heteroatoms. The van der Waals surface area contributed by atoms with Crippen LogP contribution in [0.3, 0.4) is 0 Å². The number of rotatable bonds is 6. The zero-order valence-electron chi connectivity index (χ0n) is 24.6. The number of anilines is 1. The molecule has 222 valence electrons. The summed E-state index contributed by atoms with van der Waals surface area (Å²) in [6, 6.07) is 7.00. The van der Waals surface area contributed by atoms with Crippen molar-refractivity contribution in [3.8, 4) is 16.8 Å². The standard InChI is InChI=1S/C30H35F2N7O3/c1-29(2,3)27-34-21-11-19(17-13-33-38(14-17)7-8-40)20(26(31)32)12-22(21)39(27)18-9-23-25(36(6)28(41)35(23)5)24(10-18)37-15-30(4,42)16-37/h9-14,26,40,42H,7-8,15-16H2,1-6H3. The molecule has 0 amide bonds. The molecule has 1 fully saturated rings. The van der Waals surface area contributed by atoms with Crippen LogP contribution in [0.25, 0.3) is 38.9 Å². The minimum atomic E-state index is -2.76. The number of aliphatic hydroxyl groups is 2. The fourth-order valence-corrected chi connectivity index (χ4v) is 5.99. The van der Waals surface area contributed by atoms with Crippen LogP contribution in [0.2, 0.25) is 0 Å². The van der Waals surface area contributed by atoms with E-state index in [0.717, 1.165) is 11.2 Å². The van der Waals surface area contributed by atoms with E-state index in [2.05, 4.69) is 5.10 Å². The predicted octanol–water partition coefficient (Wildman–Crippen LogP) is 3.88. The fourth-order valence-electron chi connectivity index (χ4n) is 5.99. The van der Waals surface area contributed by atoms with Crippen molar-refractivity contribution in [2.75, 3.05) is 24.6 Å². The number of aliphatic hydroxyl groups excluding tert-OH is 1. The van der Waals surface area contributed by atoms with Crippen molar-refractivity contribution in [3.63, 3.8) is 0 Å². The van der Waals surface area contributed by atoms with Crippen LogP contribution < -0.4 is 10.6 Å². The maximum atomic E-state index is 14.6. The van der Waals surface area contributed by atoms with Crippen LogP contribution in [-0.2, 0) is 26.1 Å². The third kappa shape index (κ3) is 4.40. The molecule has 0 saturated carbocycles. The molecule has 5 aromatic rings. The molecule has 1 aliphatic rings. The highest BCUT2D eigenvalue weighted by atomic mass is 19.3. The van der Waals surface area contributed by atoms with E-state index in [-0.39, 0.29) is 24.4 Å². The topological polar surface area (TPSA) is 106 Å². The maximum absolute atomic E-state index is 14.6. The minimum absolute atomic E-state index is 0.116. The number of hydrogen-bond acceptors (Lipinski definition) is 6. The lowest BCUT2D eigenvalue weighted by molar-refractivity contribution is 0.0312. The summed E-state index contributed by atoms with van der Waals surface area (Å²) in [4.78, 5) is 20.0. The quantitative estimate of drug-likeness (QED) is 0.316. The van der Waals surface area contributed by atoms with Crippen LogP contribution in [0.1, 0.15) is 45.5 Å². The molecule has 0 atom stereocenters. The van der Waals surface area contributed by atoms with Gasteiger partial charge in [-0.3, -0.25) is 18.4 Å². The number of nitrogens with zero attached hydrogens (tertiary/aromatic N) is 7. The lowest BCUT2D eigenvalue weighted by Crippen LogP contribution is -2.60. The Labute approximate surface area is 241 Å². The summed E-state index contributed by atoms with van der Waals surface area (Å²) in [5.41, 5.74) is 3.14. The summed E-state index contributed by atoms with van der Waals surface area (Å²) in [6.45, 7) is 8.76. The normalized spacial score (nSPS) is 15.4. The number of hydrogen-bond donors (Lipinski definition) is 2. The minimum Gasteiger partial charge on any atom is -0.394 e.